The molecular weight excluding hydrogens is 244 g/mol. The van der Waals surface area contributed by atoms with Crippen molar-refractivity contribution < 1.29 is 14.3 Å². The van der Waals surface area contributed by atoms with Crippen LogP contribution in [0.2, 0.25) is 0 Å². The monoisotopic (exact) mass is 264 g/mol. The molecule has 5 heteroatoms. The first-order valence-corrected chi connectivity index (χ1v) is 6.69. The molecule has 0 N–H and O–H groups in total. The van der Waals surface area contributed by atoms with Crippen LogP contribution in [-0.2, 0) is 9.47 Å². The van der Waals surface area contributed by atoms with Crippen LogP contribution in [0.3, 0.4) is 0 Å². The van der Waals surface area contributed by atoms with Gasteiger partial charge in [-0.15, -0.1) is 0 Å². The van der Waals surface area contributed by atoms with Crippen molar-refractivity contribution in [1.29, 1.82) is 0 Å². The summed E-state index contributed by atoms with van der Waals surface area (Å²) in [6, 6.07) is 0. The van der Waals surface area contributed by atoms with E-state index in [0.29, 0.717) is 12.3 Å². The van der Waals surface area contributed by atoms with E-state index in [4.69, 9.17) is 9.47 Å². The van der Waals surface area contributed by atoms with E-state index in [1.807, 2.05) is 6.92 Å². The number of hydrogen-bond donors (Lipinski definition) is 0. The summed E-state index contributed by atoms with van der Waals surface area (Å²) in [7, 11) is 0. The fraction of sp³-hybridized carbons (Fsp3) is 0.571. The van der Waals surface area contributed by atoms with Crippen molar-refractivity contribution in [1.82, 2.24) is 9.78 Å². The molecule has 1 aliphatic heterocycles. The van der Waals surface area contributed by atoms with Gasteiger partial charge in [0.25, 0.3) is 0 Å². The lowest BCUT2D eigenvalue weighted by Crippen LogP contribution is -2.20. The van der Waals surface area contributed by atoms with Crippen LogP contribution in [0, 0.1) is 6.92 Å². The molecule has 0 amide bonds. The van der Waals surface area contributed by atoms with Crippen LogP contribution in [0.4, 0.5) is 0 Å². The van der Waals surface area contributed by atoms with E-state index >= 15 is 0 Å². The van der Waals surface area contributed by atoms with Gasteiger partial charge in [0.2, 0.25) is 0 Å². The number of ether oxygens (including phenoxy) is 2. The van der Waals surface area contributed by atoms with Gasteiger partial charge < -0.3 is 9.47 Å². The third-order valence-corrected chi connectivity index (χ3v) is 3.28. The van der Waals surface area contributed by atoms with Crippen molar-refractivity contribution >= 4 is 12.0 Å². The molecule has 2 rings (SSSR count). The minimum Gasteiger partial charge on any atom is -0.461 e. The standard InChI is InChI=1S/C14H20N2O3/c1-4-11-10(3)13(14(17)18-5-2)15-16(11)12-8-6-7-9-19-12/h4,12H,1,5-9H2,2-3H3. The number of rotatable bonds is 4. The van der Waals surface area contributed by atoms with Crippen LogP contribution in [0.1, 0.15) is 54.2 Å². The Labute approximate surface area is 113 Å². The fourth-order valence-electron chi connectivity index (χ4n) is 2.31. The summed E-state index contributed by atoms with van der Waals surface area (Å²) in [4.78, 5) is 11.9. The highest BCUT2D eigenvalue weighted by molar-refractivity contribution is 5.89. The number of aromatic nitrogens is 2. The maximum absolute atomic E-state index is 11.9. The average Bonchev–Trinajstić information content (AvgIpc) is 2.77. The fourth-order valence-corrected chi connectivity index (χ4v) is 2.31. The van der Waals surface area contributed by atoms with Crippen molar-refractivity contribution in [3.8, 4) is 0 Å². The lowest BCUT2D eigenvalue weighted by Gasteiger charge is -2.24. The Morgan fingerprint density at radius 1 is 1.63 bits per heavy atom. The molecular formula is C14H20N2O3. The zero-order valence-corrected chi connectivity index (χ0v) is 11.5. The SMILES string of the molecule is C=Cc1c(C)c(C(=O)OCC)nn1C1CCCCO1. The van der Waals surface area contributed by atoms with Crippen molar-refractivity contribution in [3.05, 3.63) is 23.5 Å². The Kier molecular flexibility index (Phi) is 4.37. The van der Waals surface area contributed by atoms with Crippen molar-refractivity contribution in [2.45, 2.75) is 39.3 Å². The highest BCUT2D eigenvalue weighted by Crippen LogP contribution is 2.26. The summed E-state index contributed by atoms with van der Waals surface area (Å²) in [5.41, 5.74) is 1.98. The van der Waals surface area contributed by atoms with E-state index in [9.17, 15) is 4.79 Å². The van der Waals surface area contributed by atoms with Gasteiger partial charge in [-0.05, 0) is 39.2 Å². The second kappa shape index (κ2) is 6.02. The van der Waals surface area contributed by atoms with Gasteiger partial charge in [0, 0.05) is 12.2 Å². The van der Waals surface area contributed by atoms with E-state index in [0.717, 1.165) is 37.1 Å². The van der Waals surface area contributed by atoms with Gasteiger partial charge in [-0.1, -0.05) is 6.58 Å². The Hall–Kier alpha value is -1.62. The van der Waals surface area contributed by atoms with Gasteiger partial charge >= 0.3 is 5.97 Å². The highest BCUT2D eigenvalue weighted by atomic mass is 16.5. The average molecular weight is 264 g/mol. The normalized spacial score (nSPS) is 19.2. The summed E-state index contributed by atoms with van der Waals surface area (Å²) in [5, 5.41) is 4.37. The van der Waals surface area contributed by atoms with Crippen LogP contribution in [0.25, 0.3) is 6.08 Å². The molecule has 0 aliphatic carbocycles. The quantitative estimate of drug-likeness (QED) is 0.785. The lowest BCUT2D eigenvalue weighted by atomic mass is 10.1. The third-order valence-electron chi connectivity index (χ3n) is 3.28. The number of hydrogen-bond acceptors (Lipinski definition) is 4. The molecule has 0 spiro atoms. The van der Waals surface area contributed by atoms with Gasteiger partial charge in [-0.2, -0.15) is 5.10 Å². The molecule has 104 valence electrons. The van der Waals surface area contributed by atoms with Gasteiger partial charge in [0.1, 0.15) is 0 Å². The lowest BCUT2D eigenvalue weighted by molar-refractivity contribution is -0.0400. The second-order valence-corrected chi connectivity index (χ2v) is 4.55. The Bertz CT molecular complexity index is 473. The molecule has 5 nitrogen and oxygen atoms in total. The van der Waals surface area contributed by atoms with Crippen LogP contribution in [0.5, 0.6) is 0 Å². The van der Waals surface area contributed by atoms with Crippen molar-refractivity contribution in [2.24, 2.45) is 0 Å². The molecule has 2 heterocycles. The molecule has 1 fully saturated rings. The zero-order valence-electron chi connectivity index (χ0n) is 11.5. The third kappa shape index (κ3) is 2.71. The maximum Gasteiger partial charge on any atom is 0.359 e. The first kappa shape index (κ1) is 13.8. The first-order chi connectivity index (χ1) is 9.19. The summed E-state index contributed by atoms with van der Waals surface area (Å²) in [5.74, 6) is -0.391. The molecule has 0 aromatic carbocycles. The summed E-state index contributed by atoms with van der Waals surface area (Å²) in [6.45, 7) is 8.51. The predicted octanol–water partition coefficient (Wildman–Crippen LogP) is 2.71. The van der Waals surface area contributed by atoms with Crippen molar-refractivity contribution in [2.75, 3.05) is 13.2 Å². The molecule has 0 saturated carbocycles. The molecule has 0 radical (unpaired) electrons. The Morgan fingerprint density at radius 2 is 2.42 bits per heavy atom. The molecule has 1 aromatic heterocycles. The topological polar surface area (TPSA) is 53.3 Å². The zero-order chi connectivity index (χ0) is 13.8. The van der Waals surface area contributed by atoms with E-state index in [-0.39, 0.29) is 6.23 Å². The molecule has 1 saturated heterocycles. The number of esters is 1. The van der Waals surface area contributed by atoms with Crippen molar-refractivity contribution in [3.63, 3.8) is 0 Å². The second-order valence-electron chi connectivity index (χ2n) is 4.55. The highest BCUT2D eigenvalue weighted by Gasteiger charge is 2.25. The van der Waals surface area contributed by atoms with Crippen LogP contribution in [0.15, 0.2) is 6.58 Å². The van der Waals surface area contributed by atoms with Crippen LogP contribution in [-0.4, -0.2) is 29.0 Å². The number of carbonyl (C=O) groups excluding carboxylic acids is 1. The molecule has 1 atom stereocenters. The summed E-state index contributed by atoms with van der Waals surface area (Å²) >= 11 is 0. The maximum atomic E-state index is 11.9. The molecule has 0 bridgehead atoms. The van der Waals surface area contributed by atoms with Gasteiger partial charge in [0.05, 0.1) is 12.3 Å². The summed E-state index contributed by atoms with van der Waals surface area (Å²) < 4.78 is 12.5. The Morgan fingerprint density at radius 3 is 3.00 bits per heavy atom. The molecule has 1 unspecified atom stereocenters. The van der Waals surface area contributed by atoms with E-state index in [1.54, 1.807) is 17.7 Å². The molecule has 1 aromatic rings. The largest absolute Gasteiger partial charge is 0.461 e. The first-order valence-electron chi connectivity index (χ1n) is 6.69. The molecule has 1 aliphatic rings. The van der Waals surface area contributed by atoms with Gasteiger partial charge in [-0.25, -0.2) is 9.48 Å². The smallest absolute Gasteiger partial charge is 0.359 e. The number of carbonyl (C=O) groups is 1. The van der Waals surface area contributed by atoms with Crippen LogP contribution < -0.4 is 0 Å². The minimum atomic E-state index is -0.391. The number of nitrogens with zero attached hydrogens (tertiary/aromatic N) is 2. The Balaban J connectivity index is 2.35. The predicted molar refractivity (Wildman–Crippen MR) is 71.9 cm³/mol. The van der Waals surface area contributed by atoms with Crippen LogP contribution >= 0.6 is 0 Å². The summed E-state index contributed by atoms with van der Waals surface area (Å²) in [6.07, 6.45) is 4.69. The van der Waals surface area contributed by atoms with E-state index in [2.05, 4.69) is 11.7 Å². The van der Waals surface area contributed by atoms with E-state index in [1.165, 1.54) is 0 Å². The van der Waals surface area contributed by atoms with Gasteiger partial charge in [-0.3, -0.25) is 0 Å². The molecule has 19 heavy (non-hydrogen) atoms. The minimum absolute atomic E-state index is 0.108. The van der Waals surface area contributed by atoms with E-state index < -0.39 is 5.97 Å². The van der Waals surface area contributed by atoms with Gasteiger partial charge in [0.15, 0.2) is 11.9 Å².